The number of thioether (sulfide) groups is 1. The first-order valence-electron chi connectivity index (χ1n) is 9.37. The summed E-state index contributed by atoms with van der Waals surface area (Å²) < 4.78 is 7.36. The van der Waals surface area contributed by atoms with Crippen LogP contribution in [0.5, 0.6) is 0 Å². The van der Waals surface area contributed by atoms with Gasteiger partial charge in [-0.3, -0.25) is 9.36 Å². The first-order chi connectivity index (χ1) is 15.5. The molecular formula is C22H15Cl2N5O2S. The Morgan fingerprint density at radius 2 is 1.91 bits per heavy atom. The summed E-state index contributed by atoms with van der Waals surface area (Å²) in [6, 6.07) is 17.7. The molecule has 1 N–H and O–H groups in total. The number of anilines is 1. The van der Waals surface area contributed by atoms with Gasteiger partial charge < -0.3 is 9.73 Å². The molecule has 2 aromatic heterocycles. The number of furan rings is 1. The molecule has 7 nitrogen and oxygen atoms in total. The number of halogens is 2. The molecule has 160 valence electrons. The molecule has 0 saturated carbocycles. The van der Waals surface area contributed by atoms with Gasteiger partial charge in [0.2, 0.25) is 5.91 Å². The fourth-order valence-corrected chi connectivity index (χ4v) is 3.98. The number of hydrogen-bond acceptors (Lipinski definition) is 6. The van der Waals surface area contributed by atoms with E-state index in [0.29, 0.717) is 38.8 Å². The second-order valence-corrected chi connectivity index (χ2v) is 8.43. The van der Waals surface area contributed by atoms with Gasteiger partial charge >= 0.3 is 0 Å². The normalized spacial score (nSPS) is 10.7. The molecule has 1 amide bonds. The van der Waals surface area contributed by atoms with E-state index in [1.54, 1.807) is 42.7 Å². The monoisotopic (exact) mass is 483 g/mol. The largest absolute Gasteiger partial charge is 0.467 e. The highest BCUT2D eigenvalue weighted by molar-refractivity contribution is 7.99. The standard InChI is InChI=1S/C22H15Cl2N5O2S/c23-16-6-3-14(4-7-16)21-27-28-22(29(21)12-18-2-1-9-31-18)32-13-20(30)26-19-10-17(24)8-5-15(19)11-25/h1-10H,12-13H2,(H,26,30). The number of carbonyl (C=O) groups excluding carboxylic acids is 1. The van der Waals surface area contributed by atoms with Crippen molar-refractivity contribution in [1.82, 2.24) is 14.8 Å². The van der Waals surface area contributed by atoms with Gasteiger partial charge in [-0.05, 0) is 54.6 Å². The van der Waals surface area contributed by atoms with Crippen LogP contribution in [0.3, 0.4) is 0 Å². The molecule has 0 atom stereocenters. The van der Waals surface area contributed by atoms with Crippen molar-refractivity contribution in [2.45, 2.75) is 11.7 Å². The van der Waals surface area contributed by atoms with E-state index in [1.807, 2.05) is 28.8 Å². The van der Waals surface area contributed by atoms with E-state index in [0.717, 1.165) is 11.3 Å². The van der Waals surface area contributed by atoms with Crippen LogP contribution in [0.25, 0.3) is 11.4 Å². The predicted molar refractivity (Wildman–Crippen MR) is 124 cm³/mol. The molecule has 0 aliphatic carbocycles. The summed E-state index contributed by atoms with van der Waals surface area (Å²) in [5.41, 5.74) is 1.53. The van der Waals surface area contributed by atoms with E-state index in [-0.39, 0.29) is 11.7 Å². The zero-order chi connectivity index (χ0) is 22.5. The van der Waals surface area contributed by atoms with E-state index >= 15 is 0 Å². The quantitative estimate of drug-likeness (QED) is 0.348. The molecule has 0 fully saturated rings. The van der Waals surface area contributed by atoms with Gasteiger partial charge in [0, 0.05) is 15.6 Å². The number of benzene rings is 2. The summed E-state index contributed by atoms with van der Waals surface area (Å²) in [5, 5.41) is 22.1. The lowest BCUT2D eigenvalue weighted by atomic mass is 10.2. The number of nitrogens with zero attached hydrogens (tertiary/aromatic N) is 4. The Balaban J connectivity index is 1.54. The minimum Gasteiger partial charge on any atom is -0.467 e. The summed E-state index contributed by atoms with van der Waals surface area (Å²) in [7, 11) is 0. The molecule has 4 aromatic rings. The number of carbonyl (C=O) groups is 1. The van der Waals surface area contributed by atoms with E-state index in [2.05, 4.69) is 15.5 Å². The van der Waals surface area contributed by atoms with Gasteiger partial charge in [0.15, 0.2) is 11.0 Å². The maximum atomic E-state index is 12.5. The summed E-state index contributed by atoms with van der Waals surface area (Å²) in [6.07, 6.45) is 1.60. The van der Waals surface area contributed by atoms with Crippen molar-refractivity contribution in [3.63, 3.8) is 0 Å². The van der Waals surface area contributed by atoms with Gasteiger partial charge in [0.05, 0.1) is 29.8 Å². The van der Waals surface area contributed by atoms with E-state index in [4.69, 9.17) is 27.6 Å². The molecule has 0 radical (unpaired) electrons. The van der Waals surface area contributed by atoms with Gasteiger partial charge in [0.1, 0.15) is 11.8 Å². The Hall–Kier alpha value is -3.25. The molecule has 2 aromatic carbocycles. The lowest BCUT2D eigenvalue weighted by Crippen LogP contribution is -2.15. The second kappa shape index (κ2) is 9.92. The Morgan fingerprint density at radius 1 is 1.12 bits per heavy atom. The predicted octanol–water partition coefficient (Wildman–Crippen LogP) is 5.50. The third-order valence-corrected chi connectivity index (χ3v) is 5.88. The second-order valence-electron chi connectivity index (χ2n) is 6.62. The average Bonchev–Trinajstić information content (AvgIpc) is 3.44. The fourth-order valence-electron chi connectivity index (χ4n) is 2.94. The minimum atomic E-state index is -0.297. The van der Waals surface area contributed by atoms with Crippen LogP contribution in [0.2, 0.25) is 10.0 Å². The third kappa shape index (κ3) is 5.14. The first kappa shape index (κ1) is 22.0. The molecule has 2 heterocycles. The molecular weight excluding hydrogens is 469 g/mol. The SMILES string of the molecule is N#Cc1ccc(Cl)cc1NC(=O)CSc1nnc(-c2ccc(Cl)cc2)n1Cc1ccco1. The van der Waals surface area contributed by atoms with Crippen LogP contribution in [-0.2, 0) is 11.3 Å². The molecule has 32 heavy (non-hydrogen) atoms. The number of amides is 1. The highest BCUT2D eigenvalue weighted by Gasteiger charge is 2.17. The third-order valence-electron chi connectivity index (χ3n) is 4.42. The summed E-state index contributed by atoms with van der Waals surface area (Å²) in [6.45, 7) is 0.398. The number of nitriles is 1. The highest BCUT2D eigenvalue weighted by Crippen LogP contribution is 2.27. The van der Waals surface area contributed by atoms with Crippen molar-refractivity contribution >= 4 is 46.6 Å². The van der Waals surface area contributed by atoms with Gasteiger partial charge in [0.25, 0.3) is 0 Å². The number of nitrogens with one attached hydrogen (secondary N) is 1. The first-order valence-corrected chi connectivity index (χ1v) is 11.1. The van der Waals surface area contributed by atoms with Gasteiger partial charge in [-0.15, -0.1) is 10.2 Å². The number of hydrogen-bond donors (Lipinski definition) is 1. The zero-order valence-electron chi connectivity index (χ0n) is 16.5. The molecule has 0 saturated heterocycles. The molecule has 0 bridgehead atoms. The van der Waals surface area contributed by atoms with Crippen molar-refractivity contribution in [1.29, 1.82) is 5.26 Å². The molecule has 4 rings (SSSR count). The maximum absolute atomic E-state index is 12.5. The summed E-state index contributed by atoms with van der Waals surface area (Å²) >= 11 is 13.2. The molecule has 0 spiro atoms. The van der Waals surface area contributed by atoms with Gasteiger partial charge in [-0.25, -0.2) is 0 Å². The summed E-state index contributed by atoms with van der Waals surface area (Å²) in [4.78, 5) is 12.5. The minimum absolute atomic E-state index is 0.0638. The molecule has 10 heteroatoms. The fraction of sp³-hybridized carbons (Fsp3) is 0.0909. The smallest absolute Gasteiger partial charge is 0.234 e. The van der Waals surface area contributed by atoms with E-state index < -0.39 is 0 Å². The maximum Gasteiger partial charge on any atom is 0.234 e. The summed E-state index contributed by atoms with van der Waals surface area (Å²) in [5.74, 6) is 1.12. The number of rotatable bonds is 7. The van der Waals surface area contributed by atoms with Gasteiger partial charge in [-0.1, -0.05) is 35.0 Å². The van der Waals surface area contributed by atoms with Crippen molar-refractivity contribution in [2.24, 2.45) is 0 Å². The van der Waals surface area contributed by atoms with Crippen molar-refractivity contribution in [3.8, 4) is 17.5 Å². The molecule has 0 aliphatic heterocycles. The number of aromatic nitrogens is 3. The van der Waals surface area contributed by atoms with Crippen LogP contribution in [0.4, 0.5) is 5.69 Å². The Morgan fingerprint density at radius 3 is 2.62 bits per heavy atom. The topological polar surface area (TPSA) is 96.7 Å². The van der Waals surface area contributed by atoms with Crippen LogP contribution in [-0.4, -0.2) is 26.4 Å². The van der Waals surface area contributed by atoms with Crippen LogP contribution in [0, 0.1) is 11.3 Å². The van der Waals surface area contributed by atoms with Crippen LogP contribution in [0.15, 0.2) is 70.4 Å². The van der Waals surface area contributed by atoms with Crippen LogP contribution < -0.4 is 5.32 Å². The average molecular weight is 484 g/mol. The Labute approximate surface area is 198 Å². The molecule has 0 unspecified atom stereocenters. The van der Waals surface area contributed by atoms with Crippen molar-refractivity contribution < 1.29 is 9.21 Å². The Bertz CT molecular complexity index is 1280. The van der Waals surface area contributed by atoms with E-state index in [9.17, 15) is 10.1 Å². The lowest BCUT2D eigenvalue weighted by molar-refractivity contribution is -0.113. The van der Waals surface area contributed by atoms with Crippen molar-refractivity contribution in [3.05, 3.63) is 82.2 Å². The van der Waals surface area contributed by atoms with Gasteiger partial charge in [-0.2, -0.15) is 5.26 Å². The molecule has 0 aliphatic rings. The van der Waals surface area contributed by atoms with Crippen LogP contribution >= 0.6 is 35.0 Å². The van der Waals surface area contributed by atoms with E-state index in [1.165, 1.54) is 11.8 Å². The Kier molecular flexibility index (Phi) is 6.81. The zero-order valence-corrected chi connectivity index (χ0v) is 18.8. The van der Waals surface area contributed by atoms with Crippen molar-refractivity contribution in [2.75, 3.05) is 11.1 Å². The van der Waals surface area contributed by atoms with Crippen LogP contribution in [0.1, 0.15) is 11.3 Å². The lowest BCUT2D eigenvalue weighted by Gasteiger charge is -2.10. The highest BCUT2D eigenvalue weighted by atomic mass is 35.5.